The summed E-state index contributed by atoms with van der Waals surface area (Å²) in [7, 11) is 0. The zero-order valence-electron chi connectivity index (χ0n) is 15.3. The second kappa shape index (κ2) is 4.51. The van der Waals surface area contributed by atoms with E-state index in [9.17, 15) is 9.59 Å². The topological polar surface area (TPSA) is 46.3 Å². The number of nitrogens with one attached hydrogen (secondary N) is 2. The number of carbonyl (C=O) groups is 2. The molecule has 4 bridgehead atoms. The number of amides is 1. The standard InChI is InChI=1S/C20H25N3O2/c1-4-19-12-21-10-18(3,16(19)24)11-22(13-19)20(21)14-8-6-7-9-15(14)23(5-2)17(20)25/h6-9H,4-5,10-13H2,1-3H3/p+2. The van der Waals surface area contributed by atoms with E-state index in [-0.39, 0.29) is 16.7 Å². The van der Waals surface area contributed by atoms with Gasteiger partial charge in [0, 0.05) is 6.54 Å². The lowest BCUT2D eigenvalue weighted by atomic mass is 9.58. The van der Waals surface area contributed by atoms with Crippen molar-refractivity contribution in [2.45, 2.75) is 32.9 Å². The van der Waals surface area contributed by atoms with Crippen LogP contribution in [0.4, 0.5) is 5.69 Å². The average Bonchev–Trinajstić information content (AvgIpc) is 2.84. The molecule has 5 nitrogen and oxygen atoms in total. The van der Waals surface area contributed by atoms with Gasteiger partial charge in [0.25, 0.3) is 0 Å². The van der Waals surface area contributed by atoms with Gasteiger partial charge < -0.3 is 4.90 Å². The number of benzene rings is 1. The van der Waals surface area contributed by atoms with Gasteiger partial charge in [-0.05, 0) is 32.4 Å². The van der Waals surface area contributed by atoms with Crippen LogP contribution in [0.25, 0.3) is 0 Å². The van der Waals surface area contributed by atoms with Crippen molar-refractivity contribution < 1.29 is 19.4 Å². The van der Waals surface area contributed by atoms with Crippen LogP contribution in [0, 0.1) is 10.8 Å². The van der Waals surface area contributed by atoms with Crippen LogP contribution >= 0.6 is 0 Å². The first-order valence-corrected chi connectivity index (χ1v) is 9.60. The number of hydrogen-bond acceptors (Lipinski definition) is 2. The average molecular weight is 341 g/mol. The molecule has 0 aliphatic carbocycles. The number of Topliss-reactive ketones (excluding diaryl/α,β-unsaturated/α-hetero) is 1. The summed E-state index contributed by atoms with van der Waals surface area (Å²) in [6, 6.07) is 8.31. The van der Waals surface area contributed by atoms with Crippen molar-refractivity contribution >= 4 is 17.4 Å². The summed E-state index contributed by atoms with van der Waals surface area (Å²) in [6.45, 7) is 10.2. The van der Waals surface area contributed by atoms with Crippen molar-refractivity contribution in [3.8, 4) is 0 Å². The molecule has 5 heterocycles. The highest BCUT2D eigenvalue weighted by Gasteiger charge is 2.79. The molecule has 5 aliphatic heterocycles. The van der Waals surface area contributed by atoms with Gasteiger partial charge in [0.1, 0.15) is 42.6 Å². The number of rotatable bonds is 2. The molecule has 1 spiro atoms. The number of anilines is 1. The van der Waals surface area contributed by atoms with E-state index in [1.165, 1.54) is 15.4 Å². The van der Waals surface area contributed by atoms with Crippen LogP contribution < -0.4 is 14.7 Å². The molecule has 5 heteroatoms. The SMILES string of the molecule is CCN1C(=O)C2(c3ccccc31)[NH+]1CC3(C)C[NH+]2CC(CC)(C1)C3=O. The van der Waals surface area contributed by atoms with E-state index in [1.54, 1.807) is 0 Å². The largest absolute Gasteiger partial charge is 0.353 e. The summed E-state index contributed by atoms with van der Waals surface area (Å²) in [6.07, 6.45) is 0.887. The van der Waals surface area contributed by atoms with Crippen molar-refractivity contribution in [1.29, 1.82) is 0 Å². The number of hydrogen-bond donors (Lipinski definition) is 2. The molecule has 25 heavy (non-hydrogen) atoms. The van der Waals surface area contributed by atoms with E-state index in [1.807, 2.05) is 11.0 Å². The Balaban J connectivity index is 1.73. The van der Waals surface area contributed by atoms with Crippen LogP contribution in [0.2, 0.25) is 0 Å². The highest BCUT2D eigenvalue weighted by molar-refractivity contribution is 6.06. The molecule has 2 atom stereocenters. The predicted molar refractivity (Wildman–Crippen MR) is 93.4 cm³/mol. The Morgan fingerprint density at radius 1 is 1.04 bits per heavy atom. The van der Waals surface area contributed by atoms with E-state index in [0.717, 1.165) is 38.3 Å². The molecule has 0 aromatic heterocycles. The van der Waals surface area contributed by atoms with Crippen LogP contribution in [0.5, 0.6) is 0 Å². The fourth-order valence-corrected chi connectivity index (χ4v) is 6.61. The fraction of sp³-hybridized carbons (Fsp3) is 0.600. The van der Waals surface area contributed by atoms with E-state index < -0.39 is 5.66 Å². The van der Waals surface area contributed by atoms with Crippen LogP contribution in [0.15, 0.2) is 24.3 Å². The van der Waals surface area contributed by atoms with Gasteiger partial charge in [-0.3, -0.25) is 19.4 Å². The first-order chi connectivity index (χ1) is 11.9. The third-order valence-corrected chi connectivity index (χ3v) is 7.56. The zero-order valence-corrected chi connectivity index (χ0v) is 15.3. The second-order valence-corrected chi connectivity index (χ2v) is 8.75. The van der Waals surface area contributed by atoms with Crippen LogP contribution in [0.1, 0.15) is 32.8 Å². The smallest absolute Gasteiger partial charge is 0.301 e. The molecule has 1 aromatic rings. The van der Waals surface area contributed by atoms with E-state index in [0.29, 0.717) is 12.3 Å². The van der Waals surface area contributed by atoms with Crippen LogP contribution in [0.3, 0.4) is 0 Å². The number of carbonyl (C=O) groups excluding carboxylic acids is 2. The molecule has 0 saturated carbocycles. The third kappa shape index (κ3) is 1.50. The summed E-state index contributed by atoms with van der Waals surface area (Å²) in [5.41, 5.74) is 1.19. The maximum absolute atomic E-state index is 13.7. The van der Waals surface area contributed by atoms with E-state index in [4.69, 9.17) is 0 Å². The molecule has 6 rings (SSSR count). The lowest BCUT2D eigenvalue weighted by Crippen LogP contribution is -3.48. The molecule has 2 unspecified atom stereocenters. The number of fused-ring (bicyclic) bond motifs is 1. The molecule has 132 valence electrons. The Kier molecular flexibility index (Phi) is 2.80. The van der Waals surface area contributed by atoms with Crippen molar-refractivity contribution in [1.82, 2.24) is 0 Å². The van der Waals surface area contributed by atoms with Gasteiger partial charge in [-0.15, -0.1) is 0 Å². The molecule has 2 N–H and O–H groups in total. The molecule has 1 amide bonds. The van der Waals surface area contributed by atoms with E-state index >= 15 is 0 Å². The molecule has 4 fully saturated rings. The Morgan fingerprint density at radius 2 is 1.68 bits per heavy atom. The number of ketones is 1. The summed E-state index contributed by atoms with van der Waals surface area (Å²) in [4.78, 5) is 31.5. The number of piperidine rings is 2. The number of para-hydroxylation sites is 1. The minimum absolute atomic E-state index is 0.238. The molecule has 4 saturated heterocycles. The first kappa shape index (κ1) is 15.5. The summed E-state index contributed by atoms with van der Waals surface area (Å²) >= 11 is 0. The third-order valence-electron chi connectivity index (χ3n) is 7.56. The molecule has 0 radical (unpaired) electrons. The summed E-state index contributed by atoms with van der Waals surface area (Å²) in [5.74, 6) is 0.693. The Morgan fingerprint density at radius 3 is 2.28 bits per heavy atom. The Hall–Kier alpha value is -1.72. The fourth-order valence-electron chi connectivity index (χ4n) is 6.61. The van der Waals surface area contributed by atoms with Crippen LogP contribution in [-0.4, -0.2) is 44.4 Å². The number of nitrogens with zero attached hydrogens (tertiary/aromatic N) is 1. The summed E-state index contributed by atoms with van der Waals surface area (Å²) in [5, 5.41) is 0. The van der Waals surface area contributed by atoms with Gasteiger partial charge in [0.15, 0.2) is 5.78 Å². The lowest BCUT2D eigenvalue weighted by Gasteiger charge is -2.62. The monoisotopic (exact) mass is 341 g/mol. The van der Waals surface area contributed by atoms with Gasteiger partial charge >= 0.3 is 11.6 Å². The van der Waals surface area contributed by atoms with Gasteiger partial charge in [0.2, 0.25) is 0 Å². The lowest BCUT2D eigenvalue weighted by molar-refractivity contribution is -1.20. The molecular formula is C20H27N3O2+2. The van der Waals surface area contributed by atoms with Crippen molar-refractivity contribution in [2.24, 2.45) is 10.8 Å². The van der Waals surface area contributed by atoms with Crippen molar-refractivity contribution in [2.75, 3.05) is 37.6 Å². The quantitative estimate of drug-likeness (QED) is 0.724. The normalized spacial score (nSPS) is 44.0. The predicted octanol–water partition coefficient (Wildman–Crippen LogP) is -1.01. The number of likely N-dealkylation sites (N-methyl/N-ethyl adjacent to an activating group) is 1. The van der Waals surface area contributed by atoms with Gasteiger partial charge in [-0.1, -0.05) is 19.1 Å². The number of quaternary nitrogens is 2. The minimum Gasteiger partial charge on any atom is -0.301 e. The highest BCUT2D eigenvalue weighted by atomic mass is 16.2. The summed E-state index contributed by atoms with van der Waals surface area (Å²) < 4.78 is 0. The Labute approximate surface area is 148 Å². The minimum atomic E-state index is -0.536. The Bertz CT molecular complexity index is 786. The molecule has 5 aliphatic rings. The maximum atomic E-state index is 13.7. The van der Waals surface area contributed by atoms with Gasteiger partial charge in [-0.2, -0.15) is 0 Å². The van der Waals surface area contributed by atoms with Crippen LogP contribution in [-0.2, 0) is 15.3 Å². The zero-order chi connectivity index (χ0) is 17.6. The van der Waals surface area contributed by atoms with Gasteiger partial charge in [-0.25, -0.2) is 0 Å². The molecule has 1 aromatic carbocycles. The maximum Gasteiger partial charge on any atom is 0.353 e. The second-order valence-electron chi connectivity index (χ2n) is 8.75. The van der Waals surface area contributed by atoms with E-state index in [2.05, 4.69) is 39.0 Å². The first-order valence-electron chi connectivity index (χ1n) is 9.60. The molecular weight excluding hydrogens is 314 g/mol. The van der Waals surface area contributed by atoms with Crippen molar-refractivity contribution in [3.63, 3.8) is 0 Å². The highest BCUT2D eigenvalue weighted by Crippen LogP contribution is 2.44. The van der Waals surface area contributed by atoms with Crippen molar-refractivity contribution in [3.05, 3.63) is 29.8 Å². The van der Waals surface area contributed by atoms with Gasteiger partial charge in [0.05, 0.1) is 5.69 Å².